The van der Waals surface area contributed by atoms with Gasteiger partial charge >= 0.3 is 5.97 Å². The molecule has 0 radical (unpaired) electrons. The minimum atomic E-state index is -1.13. The van der Waals surface area contributed by atoms with Crippen molar-refractivity contribution < 1.29 is 24.6 Å². The summed E-state index contributed by atoms with van der Waals surface area (Å²) in [6.45, 7) is 3.00. The standard InChI is InChI=1S/C10H18N2O5/c1-6(13)5-11-8(14)3-4-9(15)12-7(2)10(16)17/h6-7,13H,3-5H2,1-2H3,(H,11,14)(H,12,15)(H,16,17). The largest absolute Gasteiger partial charge is 0.480 e. The lowest BCUT2D eigenvalue weighted by Gasteiger charge is -2.09. The third kappa shape index (κ3) is 8.21. The predicted octanol–water partition coefficient (Wildman–Crippen LogP) is -1.15. The molecule has 0 saturated carbocycles. The quantitative estimate of drug-likeness (QED) is 0.453. The Balaban J connectivity index is 3.77. The summed E-state index contributed by atoms with van der Waals surface area (Å²) in [6.07, 6.45) is -0.756. The van der Waals surface area contributed by atoms with Crippen molar-refractivity contribution in [3.63, 3.8) is 0 Å². The maximum atomic E-state index is 11.2. The van der Waals surface area contributed by atoms with E-state index in [1.54, 1.807) is 0 Å². The number of carboxylic acid groups (broad SMARTS) is 1. The van der Waals surface area contributed by atoms with E-state index in [1.807, 2.05) is 0 Å². The second kappa shape index (κ2) is 7.61. The summed E-state index contributed by atoms with van der Waals surface area (Å²) < 4.78 is 0. The third-order valence-corrected chi connectivity index (χ3v) is 1.92. The zero-order valence-electron chi connectivity index (χ0n) is 9.90. The molecule has 2 atom stereocenters. The molecule has 7 nitrogen and oxygen atoms in total. The fraction of sp³-hybridized carbons (Fsp3) is 0.700. The van der Waals surface area contributed by atoms with Crippen molar-refractivity contribution in [2.45, 2.75) is 38.8 Å². The maximum absolute atomic E-state index is 11.2. The Bertz CT molecular complexity index is 290. The van der Waals surface area contributed by atoms with Gasteiger partial charge in [-0.15, -0.1) is 0 Å². The highest BCUT2D eigenvalue weighted by molar-refractivity contribution is 5.86. The van der Waals surface area contributed by atoms with E-state index in [4.69, 9.17) is 10.2 Å². The van der Waals surface area contributed by atoms with Gasteiger partial charge in [0.1, 0.15) is 6.04 Å². The van der Waals surface area contributed by atoms with Gasteiger partial charge in [-0.1, -0.05) is 0 Å². The fourth-order valence-electron chi connectivity index (χ4n) is 0.952. The molecule has 2 unspecified atom stereocenters. The van der Waals surface area contributed by atoms with E-state index in [2.05, 4.69) is 10.6 Å². The normalized spacial score (nSPS) is 13.6. The molecule has 0 spiro atoms. The maximum Gasteiger partial charge on any atom is 0.325 e. The van der Waals surface area contributed by atoms with Crippen LogP contribution in [0.5, 0.6) is 0 Å². The zero-order valence-corrected chi connectivity index (χ0v) is 9.90. The molecule has 0 aromatic rings. The van der Waals surface area contributed by atoms with Crippen molar-refractivity contribution in [3.8, 4) is 0 Å². The number of aliphatic carboxylic acids is 1. The van der Waals surface area contributed by atoms with Crippen molar-refractivity contribution >= 4 is 17.8 Å². The van der Waals surface area contributed by atoms with Crippen molar-refractivity contribution in [3.05, 3.63) is 0 Å². The Kier molecular flexibility index (Phi) is 6.88. The average Bonchev–Trinajstić information content (AvgIpc) is 2.23. The number of aliphatic hydroxyl groups is 1. The van der Waals surface area contributed by atoms with Crippen LogP contribution in [0.1, 0.15) is 26.7 Å². The summed E-state index contributed by atoms with van der Waals surface area (Å²) in [7, 11) is 0. The second-order valence-electron chi connectivity index (χ2n) is 3.78. The number of rotatable bonds is 7. The second-order valence-corrected chi connectivity index (χ2v) is 3.78. The summed E-state index contributed by atoms with van der Waals surface area (Å²) in [6, 6.07) is -0.969. The van der Waals surface area contributed by atoms with Crippen LogP contribution in [0.25, 0.3) is 0 Å². The van der Waals surface area contributed by atoms with E-state index in [0.29, 0.717) is 0 Å². The molecule has 2 amide bonds. The summed E-state index contributed by atoms with van der Waals surface area (Å²) in [5.41, 5.74) is 0. The van der Waals surface area contributed by atoms with Crippen molar-refractivity contribution in [2.24, 2.45) is 0 Å². The highest BCUT2D eigenvalue weighted by Gasteiger charge is 2.14. The van der Waals surface area contributed by atoms with Crippen molar-refractivity contribution in [1.82, 2.24) is 10.6 Å². The summed E-state index contributed by atoms with van der Waals surface area (Å²) >= 11 is 0. The van der Waals surface area contributed by atoms with Crippen LogP contribution < -0.4 is 10.6 Å². The Labute approximate surface area is 99.2 Å². The lowest BCUT2D eigenvalue weighted by atomic mass is 10.2. The molecular weight excluding hydrogens is 228 g/mol. The predicted molar refractivity (Wildman–Crippen MR) is 59.2 cm³/mol. The van der Waals surface area contributed by atoms with Gasteiger partial charge in [-0.05, 0) is 13.8 Å². The molecule has 98 valence electrons. The summed E-state index contributed by atoms with van der Waals surface area (Å²) in [4.78, 5) is 32.8. The Morgan fingerprint density at radius 3 is 2.12 bits per heavy atom. The molecule has 0 aliphatic carbocycles. The molecule has 17 heavy (non-hydrogen) atoms. The molecule has 0 bridgehead atoms. The van der Waals surface area contributed by atoms with E-state index in [9.17, 15) is 14.4 Å². The fourth-order valence-corrected chi connectivity index (χ4v) is 0.952. The molecule has 0 saturated heterocycles. The average molecular weight is 246 g/mol. The molecule has 7 heteroatoms. The molecule has 0 aromatic carbocycles. The number of carbonyl (C=O) groups is 3. The first kappa shape index (κ1) is 15.4. The number of hydrogen-bond donors (Lipinski definition) is 4. The van der Waals surface area contributed by atoms with E-state index in [1.165, 1.54) is 13.8 Å². The first-order valence-electron chi connectivity index (χ1n) is 5.30. The minimum absolute atomic E-state index is 0.0368. The number of carbonyl (C=O) groups excluding carboxylic acids is 2. The zero-order chi connectivity index (χ0) is 13.4. The molecule has 0 aromatic heterocycles. The van der Waals surface area contributed by atoms with Gasteiger partial charge in [-0.2, -0.15) is 0 Å². The first-order chi connectivity index (χ1) is 7.82. The Morgan fingerprint density at radius 1 is 1.12 bits per heavy atom. The Morgan fingerprint density at radius 2 is 1.65 bits per heavy atom. The monoisotopic (exact) mass is 246 g/mol. The Hall–Kier alpha value is -1.63. The van der Waals surface area contributed by atoms with Gasteiger partial charge in [0.05, 0.1) is 6.10 Å². The van der Waals surface area contributed by atoms with Crippen molar-refractivity contribution in [2.75, 3.05) is 6.54 Å². The van der Waals surface area contributed by atoms with E-state index in [0.717, 1.165) is 0 Å². The smallest absolute Gasteiger partial charge is 0.325 e. The lowest BCUT2D eigenvalue weighted by Crippen LogP contribution is -2.39. The van der Waals surface area contributed by atoms with E-state index in [-0.39, 0.29) is 25.3 Å². The van der Waals surface area contributed by atoms with Crippen LogP contribution in [0.4, 0.5) is 0 Å². The van der Waals surface area contributed by atoms with Gasteiger partial charge in [0.15, 0.2) is 0 Å². The molecule has 0 rings (SSSR count). The van der Waals surface area contributed by atoms with E-state index >= 15 is 0 Å². The van der Waals surface area contributed by atoms with Crippen molar-refractivity contribution in [1.29, 1.82) is 0 Å². The number of nitrogens with one attached hydrogen (secondary N) is 2. The van der Waals surface area contributed by atoms with Crippen LogP contribution in [0.3, 0.4) is 0 Å². The van der Waals surface area contributed by atoms with Crippen LogP contribution >= 0.6 is 0 Å². The van der Waals surface area contributed by atoms with Crippen LogP contribution in [-0.2, 0) is 14.4 Å². The summed E-state index contributed by atoms with van der Waals surface area (Å²) in [5, 5.41) is 22.1. The van der Waals surface area contributed by atoms with Crippen LogP contribution in [0, 0.1) is 0 Å². The molecule has 0 fully saturated rings. The van der Waals surface area contributed by atoms with Crippen LogP contribution in [0.15, 0.2) is 0 Å². The SMILES string of the molecule is CC(O)CNC(=O)CCC(=O)NC(C)C(=O)O. The van der Waals surface area contributed by atoms with Crippen LogP contribution in [0.2, 0.25) is 0 Å². The van der Waals surface area contributed by atoms with E-state index < -0.39 is 24.0 Å². The third-order valence-electron chi connectivity index (χ3n) is 1.92. The first-order valence-corrected chi connectivity index (χ1v) is 5.30. The topological polar surface area (TPSA) is 116 Å². The lowest BCUT2D eigenvalue weighted by molar-refractivity contribution is -0.141. The minimum Gasteiger partial charge on any atom is -0.480 e. The van der Waals surface area contributed by atoms with Crippen LogP contribution in [-0.4, -0.2) is 46.7 Å². The summed E-state index contributed by atoms with van der Waals surface area (Å²) in [5.74, 6) is -1.98. The molecule has 0 heterocycles. The van der Waals surface area contributed by atoms with Gasteiger partial charge < -0.3 is 20.8 Å². The molecule has 0 aliphatic heterocycles. The van der Waals surface area contributed by atoms with Gasteiger partial charge in [0.2, 0.25) is 11.8 Å². The number of carboxylic acids is 1. The molecular formula is C10H18N2O5. The van der Waals surface area contributed by atoms with Gasteiger partial charge in [-0.3, -0.25) is 14.4 Å². The van der Waals surface area contributed by atoms with Gasteiger partial charge in [0.25, 0.3) is 0 Å². The number of amides is 2. The number of hydrogen-bond acceptors (Lipinski definition) is 4. The van der Waals surface area contributed by atoms with Gasteiger partial charge in [0, 0.05) is 19.4 Å². The van der Waals surface area contributed by atoms with Gasteiger partial charge in [-0.25, -0.2) is 0 Å². The molecule has 0 aliphatic rings. The highest BCUT2D eigenvalue weighted by Crippen LogP contribution is 1.91. The molecule has 4 N–H and O–H groups in total. The highest BCUT2D eigenvalue weighted by atomic mass is 16.4. The number of aliphatic hydroxyl groups excluding tert-OH is 1.